The molecular weight excluding hydrogens is 243 g/mol. The standard InChI is InChI=1S/C16H15FO2/c1-11-10-14(8-9-15(11)17)19-12(2)16(18)13-6-4-3-5-7-13/h3-10,12H,1-2H3. The Morgan fingerprint density at radius 2 is 1.84 bits per heavy atom. The molecule has 1 unspecified atom stereocenters. The lowest BCUT2D eigenvalue weighted by atomic mass is 10.1. The molecule has 0 radical (unpaired) electrons. The van der Waals surface area contributed by atoms with E-state index in [1.165, 1.54) is 12.1 Å². The van der Waals surface area contributed by atoms with Crippen LogP contribution in [0.3, 0.4) is 0 Å². The fourth-order valence-corrected chi connectivity index (χ4v) is 1.79. The molecule has 0 heterocycles. The first-order chi connectivity index (χ1) is 9.08. The molecule has 0 aliphatic rings. The van der Waals surface area contributed by atoms with Gasteiger partial charge in [0.1, 0.15) is 11.6 Å². The third-order valence-electron chi connectivity index (χ3n) is 2.87. The number of carbonyl (C=O) groups is 1. The summed E-state index contributed by atoms with van der Waals surface area (Å²) >= 11 is 0. The maximum absolute atomic E-state index is 13.1. The normalized spacial score (nSPS) is 11.9. The van der Waals surface area contributed by atoms with Crippen LogP contribution in [-0.4, -0.2) is 11.9 Å². The van der Waals surface area contributed by atoms with E-state index >= 15 is 0 Å². The molecule has 0 aromatic heterocycles. The second kappa shape index (κ2) is 5.65. The number of Topliss-reactive ketones (excluding diaryl/α,β-unsaturated/α-hetero) is 1. The number of hydrogen-bond donors (Lipinski definition) is 0. The summed E-state index contributed by atoms with van der Waals surface area (Å²) in [5.41, 5.74) is 1.10. The highest BCUT2D eigenvalue weighted by Gasteiger charge is 2.16. The zero-order chi connectivity index (χ0) is 13.8. The van der Waals surface area contributed by atoms with Crippen molar-refractivity contribution in [2.75, 3.05) is 0 Å². The van der Waals surface area contributed by atoms with E-state index < -0.39 is 6.10 Å². The van der Waals surface area contributed by atoms with Crippen molar-refractivity contribution in [2.45, 2.75) is 20.0 Å². The summed E-state index contributed by atoms with van der Waals surface area (Å²) < 4.78 is 18.7. The fourth-order valence-electron chi connectivity index (χ4n) is 1.79. The molecule has 2 nitrogen and oxygen atoms in total. The van der Waals surface area contributed by atoms with Gasteiger partial charge in [-0.2, -0.15) is 0 Å². The molecule has 0 saturated heterocycles. The molecule has 1 atom stereocenters. The number of ether oxygens (including phenoxy) is 1. The molecule has 2 aromatic rings. The van der Waals surface area contributed by atoms with Crippen LogP contribution in [0.15, 0.2) is 48.5 Å². The second-order valence-electron chi connectivity index (χ2n) is 4.40. The van der Waals surface area contributed by atoms with Gasteiger partial charge in [0.2, 0.25) is 5.78 Å². The third kappa shape index (κ3) is 3.19. The van der Waals surface area contributed by atoms with Crippen LogP contribution in [0.1, 0.15) is 22.8 Å². The summed E-state index contributed by atoms with van der Waals surface area (Å²) in [6, 6.07) is 13.4. The molecule has 3 heteroatoms. The smallest absolute Gasteiger partial charge is 0.202 e. The van der Waals surface area contributed by atoms with E-state index in [0.717, 1.165) is 0 Å². The molecule has 0 aliphatic carbocycles. The van der Waals surface area contributed by atoms with Crippen LogP contribution in [0, 0.1) is 12.7 Å². The number of rotatable bonds is 4. The second-order valence-corrected chi connectivity index (χ2v) is 4.40. The van der Waals surface area contributed by atoms with Crippen LogP contribution in [0.5, 0.6) is 5.75 Å². The van der Waals surface area contributed by atoms with Crippen molar-refractivity contribution in [3.63, 3.8) is 0 Å². The van der Waals surface area contributed by atoms with E-state index in [4.69, 9.17) is 4.74 Å². The Balaban J connectivity index is 2.10. The summed E-state index contributed by atoms with van der Waals surface area (Å²) in [4.78, 5) is 12.1. The molecule has 0 fully saturated rings. The van der Waals surface area contributed by atoms with Gasteiger partial charge >= 0.3 is 0 Å². The van der Waals surface area contributed by atoms with Crippen LogP contribution >= 0.6 is 0 Å². The summed E-state index contributed by atoms with van der Waals surface area (Å²) in [6.07, 6.45) is -0.604. The highest BCUT2D eigenvalue weighted by atomic mass is 19.1. The van der Waals surface area contributed by atoms with Gasteiger partial charge in [-0.05, 0) is 37.6 Å². The van der Waals surface area contributed by atoms with Gasteiger partial charge in [0.25, 0.3) is 0 Å². The third-order valence-corrected chi connectivity index (χ3v) is 2.87. The zero-order valence-corrected chi connectivity index (χ0v) is 10.9. The van der Waals surface area contributed by atoms with Gasteiger partial charge in [-0.1, -0.05) is 30.3 Å². The SMILES string of the molecule is Cc1cc(OC(C)C(=O)c2ccccc2)ccc1F. The molecule has 2 aromatic carbocycles. The van der Waals surface area contributed by atoms with Crippen molar-refractivity contribution in [2.24, 2.45) is 0 Å². The van der Waals surface area contributed by atoms with Gasteiger partial charge in [-0.25, -0.2) is 4.39 Å². The maximum Gasteiger partial charge on any atom is 0.202 e. The average Bonchev–Trinajstić information content (AvgIpc) is 2.43. The van der Waals surface area contributed by atoms with Crippen molar-refractivity contribution in [3.8, 4) is 5.75 Å². The van der Waals surface area contributed by atoms with Crippen LogP contribution in [0.25, 0.3) is 0 Å². The average molecular weight is 258 g/mol. The molecule has 0 bridgehead atoms. The predicted octanol–water partition coefficient (Wildman–Crippen LogP) is 3.78. The van der Waals surface area contributed by atoms with Gasteiger partial charge in [0, 0.05) is 5.56 Å². The van der Waals surface area contributed by atoms with E-state index in [9.17, 15) is 9.18 Å². The zero-order valence-electron chi connectivity index (χ0n) is 10.9. The Hall–Kier alpha value is -2.16. The molecule has 0 spiro atoms. The molecule has 0 aliphatic heterocycles. The first-order valence-corrected chi connectivity index (χ1v) is 6.10. The largest absolute Gasteiger partial charge is 0.483 e. The molecule has 0 amide bonds. The topological polar surface area (TPSA) is 26.3 Å². The fraction of sp³-hybridized carbons (Fsp3) is 0.188. The van der Waals surface area contributed by atoms with Crippen molar-refractivity contribution in [1.29, 1.82) is 0 Å². The van der Waals surface area contributed by atoms with Gasteiger partial charge in [-0.3, -0.25) is 4.79 Å². The van der Waals surface area contributed by atoms with E-state index in [-0.39, 0.29) is 11.6 Å². The van der Waals surface area contributed by atoms with Crippen LogP contribution in [0.2, 0.25) is 0 Å². The minimum atomic E-state index is -0.604. The predicted molar refractivity (Wildman–Crippen MR) is 72.0 cm³/mol. The molecule has 0 N–H and O–H groups in total. The molecule has 19 heavy (non-hydrogen) atoms. The van der Waals surface area contributed by atoms with Gasteiger partial charge < -0.3 is 4.74 Å². The number of carbonyl (C=O) groups excluding carboxylic acids is 1. The monoisotopic (exact) mass is 258 g/mol. The quantitative estimate of drug-likeness (QED) is 0.780. The minimum Gasteiger partial charge on any atom is -0.483 e. The first kappa shape index (κ1) is 13.3. The Morgan fingerprint density at radius 3 is 2.47 bits per heavy atom. The first-order valence-electron chi connectivity index (χ1n) is 6.10. The molecule has 0 saturated carbocycles. The number of ketones is 1. The van der Waals surface area contributed by atoms with E-state index in [1.807, 2.05) is 18.2 Å². The Bertz CT molecular complexity index is 579. The van der Waals surface area contributed by atoms with Crippen molar-refractivity contribution >= 4 is 5.78 Å². The lowest BCUT2D eigenvalue weighted by Crippen LogP contribution is -2.23. The summed E-state index contributed by atoms with van der Waals surface area (Å²) in [5, 5.41) is 0. The van der Waals surface area contributed by atoms with E-state index in [2.05, 4.69) is 0 Å². The number of halogens is 1. The van der Waals surface area contributed by atoms with Crippen LogP contribution in [0.4, 0.5) is 4.39 Å². The Kier molecular flexibility index (Phi) is 3.95. The maximum atomic E-state index is 13.1. The van der Waals surface area contributed by atoms with Gasteiger partial charge in [0.15, 0.2) is 6.10 Å². The summed E-state index contributed by atoms with van der Waals surface area (Å²) in [5.74, 6) is 0.118. The molecule has 2 rings (SSSR count). The van der Waals surface area contributed by atoms with Gasteiger partial charge in [0.05, 0.1) is 0 Å². The Labute approximate surface area is 111 Å². The van der Waals surface area contributed by atoms with Crippen LogP contribution in [-0.2, 0) is 0 Å². The minimum absolute atomic E-state index is 0.0948. The molecule has 98 valence electrons. The summed E-state index contributed by atoms with van der Waals surface area (Å²) in [7, 11) is 0. The summed E-state index contributed by atoms with van der Waals surface area (Å²) in [6.45, 7) is 3.35. The number of benzene rings is 2. The lowest BCUT2D eigenvalue weighted by molar-refractivity contribution is 0.0818. The number of aryl methyl sites for hydroxylation is 1. The van der Waals surface area contributed by atoms with Gasteiger partial charge in [-0.15, -0.1) is 0 Å². The lowest BCUT2D eigenvalue weighted by Gasteiger charge is -2.14. The van der Waals surface area contributed by atoms with E-state index in [1.54, 1.807) is 32.0 Å². The molecular formula is C16H15FO2. The highest BCUT2D eigenvalue weighted by Crippen LogP contribution is 2.18. The van der Waals surface area contributed by atoms with E-state index in [0.29, 0.717) is 16.9 Å². The Morgan fingerprint density at radius 1 is 1.16 bits per heavy atom. The highest BCUT2D eigenvalue weighted by molar-refractivity contribution is 5.99. The number of hydrogen-bond acceptors (Lipinski definition) is 2. The van der Waals surface area contributed by atoms with Crippen LogP contribution < -0.4 is 4.74 Å². The van der Waals surface area contributed by atoms with Crippen molar-refractivity contribution in [3.05, 3.63) is 65.5 Å². The van der Waals surface area contributed by atoms with Crippen molar-refractivity contribution < 1.29 is 13.9 Å². The van der Waals surface area contributed by atoms with Crippen molar-refractivity contribution in [1.82, 2.24) is 0 Å².